The van der Waals surface area contributed by atoms with Gasteiger partial charge < -0.3 is 9.52 Å². The maximum absolute atomic E-state index is 11.6. The fourth-order valence-electron chi connectivity index (χ4n) is 1.62. The molecule has 6 heteroatoms. The van der Waals surface area contributed by atoms with Crippen molar-refractivity contribution in [2.75, 3.05) is 14.1 Å². The lowest BCUT2D eigenvalue weighted by atomic mass is 10.2. The maximum atomic E-state index is 11.6. The van der Waals surface area contributed by atoms with Gasteiger partial charge >= 0.3 is 11.7 Å². The first-order valence-corrected chi connectivity index (χ1v) is 5.00. The molecular formula is C11H12N2O4. The van der Waals surface area contributed by atoms with E-state index in [1.54, 1.807) is 6.07 Å². The predicted molar refractivity (Wildman–Crippen MR) is 61.1 cm³/mol. The van der Waals surface area contributed by atoms with E-state index < -0.39 is 11.7 Å². The van der Waals surface area contributed by atoms with E-state index in [0.29, 0.717) is 12.2 Å². The first-order chi connectivity index (χ1) is 7.99. The summed E-state index contributed by atoms with van der Waals surface area (Å²) < 4.78 is 6.45. The summed E-state index contributed by atoms with van der Waals surface area (Å²) in [4.78, 5) is 24.2. The molecule has 0 aliphatic rings. The lowest BCUT2D eigenvalue weighted by Gasteiger charge is -2.09. The van der Waals surface area contributed by atoms with E-state index in [0.717, 1.165) is 0 Å². The zero-order valence-corrected chi connectivity index (χ0v) is 9.51. The summed E-state index contributed by atoms with van der Waals surface area (Å²) in [5, 5.41) is 8.83. The molecule has 90 valence electrons. The zero-order chi connectivity index (χ0) is 12.6. The topological polar surface area (TPSA) is 75.7 Å². The Morgan fingerprint density at radius 1 is 1.47 bits per heavy atom. The van der Waals surface area contributed by atoms with Crippen LogP contribution in [0.3, 0.4) is 0 Å². The van der Waals surface area contributed by atoms with Gasteiger partial charge in [0.25, 0.3) is 0 Å². The number of nitrogens with zero attached hydrogens (tertiary/aromatic N) is 2. The molecule has 17 heavy (non-hydrogen) atoms. The predicted octanol–water partition coefficient (Wildman–Crippen LogP) is 0.812. The molecule has 0 saturated carbocycles. The smallest absolute Gasteiger partial charge is 0.421 e. The van der Waals surface area contributed by atoms with Crippen molar-refractivity contribution in [2.24, 2.45) is 0 Å². The van der Waals surface area contributed by atoms with E-state index in [1.165, 1.54) is 16.7 Å². The van der Waals surface area contributed by atoms with Crippen molar-refractivity contribution in [3.8, 4) is 0 Å². The third-order valence-electron chi connectivity index (χ3n) is 2.34. The summed E-state index contributed by atoms with van der Waals surface area (Å²) in [7, 11) is 3.66. The van der Waals surface area contributed by atoms with Crippen molar-refractivity contribution in [3.63, 3.8) is 0 Å². The van der Waals surface area contributed by atoms with Crippen LogP contribution in [0.2, 0.25) is 0 Å². The Morgan fingerprint density at radius 3 is 2.76 bits per heavy atom. The van der Waals surface area contributed by atoms with Gasteiger partial charge in [0.15, 0.2) is 5.58 Å². The number of carboxylic acids is 1. The number of hydrogen-bond acceptors (Lipinski definition) is 4. The number of benzene rings is 1. The number of fused-ring (bicyclic) bond motifs is 1. The number of oxazole rings is 1. The molecule has 1 heterocycles. The quantitative estimate of drug-likeness (QED) is 0.853. The van der Waals surface area contributed by atoms with Gasteiger partial charge in [0.2, 0.25) is 0 Å². The summed E-state index contributed by atoms with van der Waals surface area (Å²) in [6.07, 6.45) is 0. The maximum Gasteiger partial charge on any atom is 0.421 e. The summed E-state index contributed by atoms with van der Waals surface area (Å²) >= 11 is 0. The van der Waals surface area contributed by atoms with Crippen molar-refractivity contribution >= 4 is 17.1 Å². The highest BCUT2D eigenvalue weighted by Crippen LogP contribution is 2.15. The van der Waals surface area contributed by atoms with Gasteiger partial charge in [-0.15, -0.1) is 0 Å². The third kappa shape index (κ3) is 2.07. The summed E-state index contributed by atoms with van der Waals surface area (Å²) in [6.45, 7) is 0.387. The molecule has 0 saturated heterocycles. The second-order valence-electron chi connectivity index (χ2n) is 4.00. The van der Waals surface area contributed by atoms with E-state index in [2.05, 4.69) is 0 Å². The molecule has 0 amide bonds. The van der Waals surface area contributed by atoms with E-state index in [9.17, 15) is 9.59 Å². The summed E-state index contributed by atoms with van der Waals surface area (Å²) in [5.74, 6) is -1.54. The molecule has 2 aromatic rings. The van der Waals surface area contributed by atoms with Gasteiger partial charge in [-0.05, 0) is 32.3 Å². The van der Waals surface area contributed by atoms with Crippen molar-refractivity contribution in [1.29, 1.82) is 0 Å². The van der Waals surface area contributed by atoms with Crippen molar-refractivity contribution < 1.29 is 14.3 Å². The summed E-state index contributed by atoms with van der Waals surface area (Å²) in [6, 6.07) is 4.38. The highest BCUT2D eigenvalue weighted by Gasteiger charge is 2.12. The number of aromatic carboxylic acids is 1. The monoisotopic (exact) mass is 236 g/mol. The van der Waals surface area contributed by atoms with Crippen LogP contribution < -0.4 is 5.76 Å². The summed E-state index contributed by atoms with van der Waals surface area (Å²) in [5.41, 5.74) is 0.980. The van der Waals surface area contributed by atoms with Crippen LogP contribution in [0.4, 0.5) is 0 Å². The second-order valence-corrected chi connectivity index (χ2v) is 4.00. The number of rotatable bonds is 3. The number of carbonyl (C=O) groups is 1. The van der Waals surface area contributed by atoms with Crippen molar-refractivity contribution in [3.05, 3.63) is 34.3 Å². The fourth-order valence-corrected chi connectivity index (χ4v) is 1.62. The van der Waals surface area contributed by atoms with Crippen LogP contribution in [-0.2, 0) is 6.67 Å². The molecule has 0 atom stereocenters. The van der Waals surface area contributed by atoms with E-state index >= 15 is 0 Å². The Morgan fingerprint density at radius 2 is 2.18 bits per heavy atom. The Balaban J connectivity index is 2.60. The van der Waals surface area contributed by atoms with Crippen molar-refractivity contribution in [1.82, 2.24) is 9.47 Å². The van der Waals surface area contributed by atoms with Crippen LogP contribution in [0, 0.1) is 0 Å². The van der Waals surface area contributed by atoms with Gasteiger partial charge in [-0.3, -0.25) is 9.47 Å². The fraction of sp³-hybridized carbons (Fsp3) is 0.273. The first kappa shape index (κ1) is 11.4. The minimum Gasteiger partial charge on any atom is -0.478 e. The van der Waals surface area contributed by atoms with Gasteiger partial charge in [-0.1, -0.05) is 0 Å². The molecule has 0 unspecified atom stereocenters. The molecule has 0 radical (unpaired) electrons. The van der Waals surface area contributed by atoms with Crippen LogP contribution in [0.1, 0.15) is 10.4 Å². The Kier molecular flexibility index (Phi) is 2.72. The number of hydrogen-bond donors (Lipinski definition) is 1. The van der Waals surface area contributed by atoms with Gasteiger partial charge in [-0.2, -0.15) is 0 Å². The normalized spacial score (nSPS) is 11.2. The molecule has 0 spiro atoms. The van der Waals surface area contributed by atoms with E-state index in [-0.39, 0.29) is 11.1 Å². The number of aromatic nitrogens is 1. The lowest BCUT2D eigenvalue weighted by molar-refractivity contribution is 0.0697. The van der Waals surface area contributed by atoms with Gasteiger partial charge in [-0.25, -0.2) is 9.59 Å². The van der Waals surface area contributed by atoms with Gasteiger partial charge in [0.1, 0.15) is 0 Å². The van der Waals surface area contributed by atoms with Crippen LogP contribution in [0.5, 0.6) is 0 Å². The first-order valence-electron chi connectivity index (χ1n) is 5.00. The van der Waals surface area contributed by atoms with Crippen LogP contribution in [0.15, 0.2) is 27.4 Å². The standard InChI is InChI=1S/C11H12N2O4/c1-12(2)6-13-8-4-3-7(10(14)15)5-9(8)17-11(13)16/h3-5H,6H2,1-2H3,(H,14,15). The molecule has 1 N–H and O–H groups in total. The molecule has 0 bridgehead atoms. The lowest BCUT2D eigenvalue weighted by Crippen LogP contribution is -2.24. The SMILES string of the molecule is CN(C)Cn1c(=O)oc2cc(C(=O)O)ccc21. The highest BCUT2D eigenvalue weighted by molar-refractivity contribution is 5.91. The average Bonchev–Trinajstić information content (AvgIpc) is 2.54. The van der Waals surface area contributed by atoms with Crippen molar-refractivity contribution in [2.45, 2.75) is 6.67 Å². The zero-order valence-electron chi connectivity index (χ0n) is 9.51. The minimum atomic E-state index is -1.05. The van der Waals surface area contributed by atoms with Crippen LogP contribution in [0.25, 0.3) is 11.1 Å². The third-order valence-corrected chi connectivity index (χ3v) is 2.34. The van der Waals surface area contributed by atoms with Crippen LogP contribution >= 0.6 is 0 Å². The molecule has 1 aromatic carbocycles. The molecule has 0 fully saturated rings. The highest BCUT2D eigenvalue weighted by atomic mass is 16.4. The minimum absolute atomic E-state index is 0.100. The Hall–Kier alpha value is -2.08. The average molecular weight is 236 g/mol. The Labute approximate surface area is 96.7 Å². The molecule has 0 aliphatic carbocycles. The largest absolute Gasteiger partial charge is 0.478 e. The van der Waals surface area contributed by atoms with Gasteiger partial charge in [0.05, 0.1) is 17.7 Å². The molecule has 0 aliphatic heterocycles. The second kappa shape index (κ2) is 4.06. The van der Waals surface area contributed by atoms with E-state index in [1.807, 2.05) is 19.0 Å². The molecule has 2 rings (SSSR count). The van der Waals surface area contributed by atoms with Crippen LogP contribution in [-0.4, -0.2) is 34.6 Å². The molecule has 6 nitrogen and oxygen atoms in total. The molecule has 1 aromatic heterocycles. The molecular weight excluding hydrogens is 224 g/mol. The van der Waals surface area contributed by atoms with E-state index in [4.69, 9.17) is 9.52 Å². The number of carboxylic acid groups (broad SMARTS) is 1. The van der Waals surface area contributed by atoms with Gasteiger partial charge in [0, 0.05) is 0 Å². The Bertz CT molecular complexity index is 624.